The zero-order valence-corrected chi connectivity index (χ0v) is 10.3. The molecule has 0 saturated heterocycles. The molecule has 0 radical (unpaired) electrons. The van der Waals surface area contributed by atoms with Gasteiger partial charge in [0.15, 0.2) is 0 Å². The number of hydrogen-bond donors (Lipinski definition) is 1. The van der Waals surface area contributed by atoms with Crippen LogP contribution in [0.15, 0.2) is 24.3 Å². The van der Waals surface area contributed by atoms with Gasteiger partial charge < -0.3 is 10.1 Å². The standard InChI is InChI=1S/C15H21NO/c1-2-7-15-13(6-1)14(9-11-17-15)16-10-8-12-4-3-5-12/h1-2,6-7,12,14,16H,3-5,8-11H2. The SMILES string of the molecule is c1ccc2c(c1)OCCC2NCCC1CCC1. The molecule has 1 saturated carbocycles. The van der Waals surface area contributed by atoms with Crippen LogP contribution in [0, 0.1) is 5.92 Å². The van der Waals surface area contributed by atoms with Crippen LogP contribution in [-0.2, 0) is 0 Å². The highest BCUT2D eigenvalue weighted by molar-refractivity contribution is 5.37. The first-order chi connectivity index (χ1) is 8.43. The van der Waals surface area contributed by atoms with Crippen molar-refractivity contribution in [3.63, 3.8) is 0 Å². The van der Waals surface area contributed by atoms with Crippen molar-refractivity contribution in [2.45, 2.75) is 38.1 Å². The third-order valence-electron chi connectivity index (χ3n) is 4.13. The fourth-order valence-corrected chi connectivity index (χ4v) is 2.80. The third-order valence-corrected chi connectivity index (χ3v) is 4.13. The molecule has 2 heteroatoms. The number of nitrogens with one attached hydrogen (secondary N) is 1. The van der Waals surface area contributed by atoms with E-state index in [0.717, 1.165) is 31.2 Å². The van der Waals surface area contributed by atoms with Gasteiger partial charge in [-0.2, -0.15) is 0 Å². The summed E-state index contributed by atoms with van der Waals surface area (Å²) in [7, 11) is 0. The van der Waals surface area contributed by atoms with Crippen molar-refractivity contribution in [1.82, 2.24) is 5.32 Å². The highest BCUT2D eigenvalue weighted by Crippen LogP contribution is 2.32. The molecule has 1 aromatic carbocycles. The molecule has 0 bridgehead atoms. The van der Waals surface area contributed by atoms with E-state index in [0.29, 0.717) is 6.04 Å². The van der Waals surface area contributed by atoms with Gasteiger partial charge in [-0.15, -0.1) is 0 Å². The molecule has 1 aliphatic carbocycles. The topological polar surface area (TPSA) is 21.3 Å². The second-order valence-electron chi connectivity index (χ2n) is 5.27. The lowest BCUT2D eigenvalue weighted by Crippen LogP contribution is -2.29. The van der Waals surface area contributed by atoms with Crippen molar-refractivity contribution in [3.8, 4) is 5.75 Å². The van der Waals surface area contributed by atoms with Crippen LogP contribution in [0.4, 0.5) is 0 Å². The van der Waals surface area contributed by atoms with Gasteiger partial charge in [0, 0.05) is 18.0 Å². The lowest BCUT2D eigenvalue weighted by Gasteiger charge is -2.29. The molecule has 1 heterocycles. The quantitative estimate of drug-likeness (QED) is 0.858. The Morgan fingerprint density at radius 2 is 2.06 bits per heavy atom. The third kappa shape index (κ3) is 2.47. The average Bonchev–Trinajstić information content (AvgIpc) is 2.32. The lowest BCUT2D eigenvalue weighted by atomic mass is 9.83. The largest absolute Gasteiger partial charge is 0.493 e. The number of ether oxygens (including phenoxy) is 1. The average molecular weight is 231 g/mol. The van der Waals surface area contributed by atoms with Crippen LogP contribution < -0.4 is 10.1 Å². The minimum absolute atomic E-state index is 0.500. The van der Waals surface area contributed by atoms with E-state index >= 15 is 0 Å². The van der Waals surface area contributed by atoms with Crippen molar-refractivity contribution in [1.29, 1.82) is 0 Å². The zero-order chi connectivity index (χ0) is 11.5. The monoisotopic (exact) mass is 231 g/mol. The number of rotatable bonds is 4. The van der Waals surface area contributed by atoms with Crippen LogP contribution in [0.2, 0.25) is 0 Å². The van der Waals surface area contributed by atoms with E-state index in [-0.39, 0.29) is 0 Å². The predicted molar refractivity (Wildman–Crippen MR) is 69.3 cm³/mol. The van der Waals surface area contributed by atoms with Gasteiger partial charge in [-0.05, 0) is 24.9 Å². The van der Waals surface area contributed by atoms with Crippen molar-refractivity contribution in [3.05, 3.63) is 29.8 Å². The first kappa shape index (κ1) is 11.1. The summed E-state index contributed by atoms with van der Waals surface area (Å²) in [6.45, 7) is 2.00. The Kier molecular flexibility index (Phi) is 3.32. The summed E-state index contributed by atoms with van der Waals surface area (Å²) >= 11 is 0. The van der Waals surface area contributed by atoms with Gasteiger partial charge in [0.2, 0.25) is 0 Å². The molecule has 1 aromatic rings. The minimum atomic E-state index is 0.500. The van der Waals surface area contributed by atoms with Crippen molar-refractivity contribution in [2.24, 2.45) is 5.92 Å². The molecule has 1 atom stereocenters. The molecule has 2 aliphatic rings. The van der Waals surface area contributed by atoms with E-state index < -0.39 is 0 Å². The summed E-state index contributed by atoms with van der Waals surface area (Å²) in [6, 6.07) is 8.92. The molecule has 1 fully saturated rings. The second kappa shape index (κ2) is 5.09. The van der Waals surface area contributed by atoms with E-state index in [4.69, 9.17) is 4.74 Å². The van der Waals surface area contributed by atoms with Gasteiger partial charge in [-0.3, -0.25) is 0 Å². The Bertz CT molecular complexity index is 373. The van der Waals surface area contributed by atoms with Crippen molar-refractivity contribution >= 4 is 0 Å². The number of benzene rings is 1. The number of fused-ring (bicyclic) bond motifs is 1. The second-order valence-corrected chi connectivity index (χ2v) is 5.27. The van der Waals surface area contributed by atoms with E-state index in [1.165, 1.54) is 31.2 Å². The van der Waals surface area contributed by atoms with Crippen LogP contribution in [0.25, 0.3) is 0 Å². The first-order valence-corrected chi connectivity index (χ1v) is 6.88. The summed E-state index contributed by atoms with van der Waals surface area (Å²) in [6.07, 6.45) is 6.80. The summed E-state index contributed by atoms with van der Waals surface area (Å²) in [4.78, 5) is 0. The number of hydrogen-bond acceptors (Lipinski definition) is 2. The summed E-state index contributed by atoms with van der Waals surface area (Å²) in [5, 5.41) is 3.70. The molecule has 1 N–H and O–H groups in total. The molecule has 1 unspecified atom stereocenters. The number of para-hydroxylation sites is 1. The van der Waals surface area contributed by atoms with Crippen LogP contribution in [0.3, 0.4) is 0 Å². The van der Waals surface area contributed by atoms with E-state index in [1.54, 1.807) is 0 Å². The van der Waals surface area contributed by atoms with Crippen LogP contribution in [0.1, 0.15) is 43.7 Å². The molecular weight excluding hydrogens is 210 g/mol. The molecule has 0 amide bonds. The maximum absolute atomic E-state index is 5.67. The molecule has 92 valence electrons. The van der Waals surface area contributed by atoms with Crippen molar-refractivity contribution in [2.75, 3.05) is 13.2 Å². The maximum atomic E-state index is 5.67. The molecule has 3 rings (SSSR count). The Morgan fingerprint density at radius 3 is 2.88 bits per heavy atom. The van der Waals surface area contributed by atoms with Crippen molar-refractivity contribution < 1.29 is 4.74 Å². The first-order valence-electron chi connectivity index (χ1n) is 6.88. The fraction of sp³-hybridized carbons (Fsp3) is 0.600. The van der Waals surface area contributed by atoms with Gasteiger partial charge in [0.25, 0.3) is 0 Å². The summed E-state index contributed by atoms with van der Waals surface area (Å²) < 4.78 is 5.67. The molecule has 17 heavy (non-hydrogen) atoms. The van der Waals surface area contributed by atoms with Gasteiger partial charge in [-0.25, -0.2) is 0 Å². The highest BCUT2D eigenvalue weighted by Gasteiger charge is 2.21. The van der Waals surface area contributed by atoms with Gasteiger partial charge in [0.05, 0.1) is 6.61 Å². The highest BCUT2D eigenvalue weighted by atomic mass is 16.5. The summed E-state index contributed by atoms with van der Waals surface area (Å²) in [5.41, 5.74) is 1.34. The lowest BCUT2D eigenvalue weighted by molar-refractivity contribution is 0.242. The van der Waals surface area contributed by atoms with E-state index in [2.05, 4.69) is 29.6 Å². The molecule has 1 aliphatic heterocycles. The smallest absolute Gasteiger partial charge is 0.124 e. The van der Waals surface area contributed by atoms with Crippen LogP contribution in [0.5, 0.6) is 5.75 Å². The zero-order valence-electron chi connectivity index (χ0n) is 10.3. The Hall–Kier alpha value is -1.02. The Balaban J connectivity index is 1.56. The van der Waals surface area contributed by atoms with Gasteiger partial charge >= 0.3 is 0 Å². The fourth-order valence-electron chi connectivity index (χ4n) is 2.80. The predicted octanol–water partition coefficient (Wildman–Crippen LogP) is 3.29. The Labute approximate surface area is 103 Å². The molecule has 0 aromatic heterocycles. The minimum Gasteiger partial charge on any atom is -0.493 e. The maximum Gasteiger partial charge on any atom is 0.124 e. The van der Waals surface area contributed by atoms with Gasteiger partial charge in [0.1, 0.15) is 5.75 Å². The van der Waals surface area contributed by atoms with Crippen LogP contribution in [-0.4, -0.2) is 13.2 Å². The van der Waals surface area contributed by atoms with Crippen LogP contribution >= 0.6 is 0 Å². The van der Waals surface area contributed by atoms with Gasteiger partial charge in [-0.1, -0.05) is 37.5 Å². The van der Waals surface area contributed by atoms with E-state index in [1.807, 2.05) is 0 Å². The normalized spacial score (nSPS) is 23.6. The summed E-state index contributed by atoms with van der Waals surface area (Å²) in [5.74, 6) is 2.07. The Morgan fingerprint density at radius 1 is 1.18 bits per heavy atom. The van der Waals surface area contributed by atoms with E-state index in [9.17, 15) is 0 Å². The molecule has 2 nitrogen and oxygen atoms in total. The molecular formula is C15H21NO. The molecule has 0 spiro atoms.